The van der Waals surface area contributed by atoms with Crippen LogP contribution in [0.3, 0.4) is 0 Å². The number of amides is 1. The van der Waals surface area contributed by atoms with Gasteiger partial charge in [-0.2, -0.15) is 0 Å². The number of carbonyl (C=O) groups is 1. The van der Waals surface area contributed by atoms with Gasteiger partial charge in [-0.05, 0) is 32.9 Å². The van der Waals surface area contributed by atoms with E-state index in [-0.39, 0.29) is 11.9 Å². The normalized spacial score (nSPS) is 28.4. The first-order valence-corrected chi connectivity index (χ1v) is 5.73. The number of rotatable bonds is 2. The molecule has 2 aliphatic heterocycles. The van der Waals surface area contributed by atoms with Crippen LogP contribution in [-0.4, -0.2) is 54.3 Å². The zero-order valence-corrected chi connectivity index (χ0v) is 9.57. The molecule has 0 aromatic heterocycles. The van der Waals surface area contributed by atoms with Crippen molar-refractivity contribution in [1.29, 1.82) is 0 Å². The van der Waals surface area contributed by atoms with E-state index in [1.165, 1.54) is 19.3 Å². The molecule has 0 bridgehead atoms. The Morgan fingerprint density at radius 1 is 1.33 bits per heavy atom. The lowest BCUT2D eigenvalue weighted by molar-refractivity contribution is -0.126. The Hall–Kier alpha value is -0.900. The Morgan fingerprint density at radius 3 is 2.53 bits per heavy atom. The molecule has 1 unspecified atom stereocenters. The maximum atomic E-state index is 11.8. The van der Waals surface area contributed by atoms with Crippen LogP contribution in [0, 0.1) is 0 Å². The molecule has 1 saturated heterocycles. The third kappa shape index (κ3) is 2.20. The van der Waals surface area contributed by atoms with Crippen LogP contribution in [0.15, 0.2) is 4.99 Å². The van der Waals surface area contributed by atoms with Crippen LogP contribution in [0.25, 0.3) is 0 Å². The Morgan fingerprint density at radius 2 is 2.00 bits per heavy atom. The fourth-order valence-electron chi connectivity index (χ4n) is 2.26. The fourth-order valence-corrected chi connectivity index (χ4v) is 2.26. The predicted octanol–water partition coefficient (Wildman–Crippen LogP) is 0.731. The van der Waals surface area contributed by atoms with E-state index >= 15 is 0 Å². The van der Waals surface area contributed by atoms with Gasteiger partial charge in [-0.15, -0.1) is 0 Å². The highest BCUT2D eigenvalue weighted by molar-refractivity contribution is 6.04. The van der Waals surface area contributed by atoms with Crippen molar-refractivity contribution in [3.63, 3.8) is 0 Å². The topological polar surface area (TPSA) is 35.9 Å². The summed E-state index contributed by atoms with van der Waals surface area (Å²) >= 11 is 0. The molecule has 0 saturated carbocycles. The zero-order valence-electron chi connectivity index (χ0n) is 9.57. The number of hydrogen-bond donors (Lipinski definition) is 0. The Balaban J connectivity index is 1.92. The Bertz CT molecular complexity index is 282. The molecule has 4 nitrogen and oxygen atoms in total. The van der Waals surface area contributed by atoms with E-state index in [1.807, 2.05) is 6.92 Å². The number of aliphatic imine (C=N–C) groups is 1. The van der Waals surface area contributed by atoms with E-state index in [9.17, 15) is 4.79 Å². The molecule has 2 heterocycles. The number of piperidine rings is 1. The van der Waals surface area contributed by atoms with Crippen LogP contribution in [-0.2, 0) is 4.79 Å². The molecule has 1 amide bonds. The summed E-state index contributed by atoms with van der Waals surface area (Å²) in [5.74, 6) is 1.00. The van der Waals surface area contributed by atoms with Crippen molar-refractivity contribution in [2.75, 3.05) is 26.7 Å². The summed E-state index contributed by atoms with van der Waals surface area (Å²) in [7, 11) is 1.80. The van der Waals surface area contributed by atoms with Gasteiger partial charge in [-0.25, -0.2) is 0 Å². The highest BCUT2D eigenvalue weighted by Crippen LogP contribution is 2.14. The average Bonchev–Trinajstić information content (AvgIpc) is 2.48. The predicted molar refractivity (Wildman–Crippen MR) is 60.0 cm³/mol. The molecule has 84 valence electrons. The maximum Gasteiger partial charge on any atom is 0.253 e. The first-order chi connectivity index (χ1) is 7.18. The summed E-state index contributed by atoms with van der Waals surface area (Å²) in [6, 6.07) is -0.145. The van der Waals surface area contributed by atoms with E-state index in [0.717, 1.165) is 25.5 Å². The molecular formula is C11H19N3O. The average molecular weight is 209 g/mol. The van der Waals surface area contributed by atoms with Crippen LogP contribution in [0.4, 0.5) is 0 Å². The molecule has 15 heavy (non-hydrogen) atoms. The van der Waals surface area contributed by atoms with Gasteiger partial charge in [0.1, 0.15) is 11.9 Å². The van der Waals surface area contributed by atoms with Crippen LogP contribution in [0.5, 0.6) is 0 Å². The van der Waals surface area contributed by atoms with E-state index < -0.39 is 0 Å². The highest BCUT2D eigenvalue weighted by atomic mass is 16.2. The van der Waals surface area contributed by atoms with E-state index in [4.69, 9.17) is 0 Å². The maximum absolute atomic E-state index is 11.8. The molecule has 1 fully saturated rings. The molecule has 0 radical (unpaired) electrons. The van der Waals surface area contributed by atoms with Gasteiger partial charge in [0.05, 0.1) is 0 Å². The SMILES string of the molecule is CC1=NC(CN2CCCCC2)C(=O)N1C. The molecule has 0 aromatic rings. The van der Waals surface area contributed by atoms with Gasteiger partial charge in [0.25, 0.3) is 5.91 Å². The lowest BCUT2D eigenvalue weighted by atomic mass is 10.1. The summed E-state index contributed by atoms with van der Waals surface area (Å²) < 4.78 is 0. The van der Waals surface area contributed by atoms with Crippen molar-refractivity contribution in [3.8, 4) is 0 Å². The van der Waals surface area contributed by atoms with E-state index in [2.05, 4.69) is 9.89 Å². The van der Waals surface area contributed by atoms with Crippen molar-refractivity contribution in [2.45, 2.75) is 32.2 Å². The third-order valence-corrected chi connectivity index (χ3v) is 3.32. The van der Waals surface area contributed by atoms with Crippen LogP contribution < -0.4 is 0 Å². The minimum atomic E-state index is -0.145. The summed E-state index contributed by atoms with van der Waals surface area (Å²) in [6.45, 7) is 4.96. The van der Waals surface area contributed by atoms with Gasteiger partial charge < -0.3 is 9.80 Å². The summed E-state index contributed by atoms with van der Waals surface area (Å²) in [5, 5.41) is 0. The number of hydrogen-bond acceptors (Lipinski definition) is 3. The number of likely N-dealkylation sites (N-methyl/N-ethyl adjacent to an activating group) is 1. The van der Waals surface area contributed by atoms with Crippen LogP contribution in [0.1, 0.15) is 26.2 Å². The fraction of sp³-hybridized carbons (Fsp3) is 0.818. The van der Waals surface area contributed by atoms with Gasteiger partial charge in [-0.3, -0.25) is 9.79 Å². The molecule has 2 rings (SSSR count). The standard InChI is InChI=1S/C11H19N3O/c1-9-12-10(11(15)13(9)2)8-14-6-4-3-5-7-14/h10H,3-8H2,1-2H3. The van der Waals surface area contributed by atoms with Gasteiger partial charge in [-0.1, -0.05) is 6.42 Å². The van der Waals surface area contributed by atoms with Gasteiger partial charge >= 0.3 is 0 Å². The van der Waals surface area contributed by atoms with Gasteiger partial charge in [0.2, 0.25) is 0 Å². The van der Waals surface area contributed by atoms with Crippen molar-refractivity contribution in [1.82, 2.24) is 9.80 Å². The Labute approximate surface area is 91.0 Å². The Kier molecular flexibility index (Phi) is 3.05. The molecule has 0 aromatic carbocycles. The van der Waals surface area contributed by atoms with Crippen LogP contribution in [0.2, 0.25) is 0 Å². The van der Waals surface area contributed by atoms with Crippen molar-refractivity contribution in [3.05, 3.63) is 0 Å². The lowest BCUT2D eigenvalue weighted by Gasteiger charge is -2.27. The number of carbonyl (C=O) groups excluding carboxylic acids is 1. The van der Waals surface area contributed by atoms with Crippen molar-refractivity contribution < 1.29 is 4.79 Å². The summed E-state index contributed by atoms with van der Waals surface area (Å²) in [6.07, 6.45) is 3.86. The second-order valence-electron chi connectivity index (χ2n) is 4.45. The minimum Gasteiger partial charge on any atom is -0.302 e. The van der Waals surface area contributed by atoms with Crippen molar-refractivity contribution >= 4 is 11.7 Å². The second-order valence-corrected chi connectivity index (χ2v) is 4.45. The molecule has 4 heteroatoms. The molecule has 0 spiro atoms. The molecular weight excluding hydrogens is 190 g/mol. The minimum absolute atomic E-state index is 0.145. The number of nitrogens with zero attached hydrogens (tertiary/aromatic N) is 3. The van der Waals surface area contributed by atoms with Crippen molar-refractivity contribution in [2.24, 2.45) is 4.99 Å². The summed E-state index contributed by atoms with van der Waals surface area (Å²) in [4.78, 5) is 20.2. The quantitative estimate of drug-likeness (QED) is 0.672. The molecule has 0 N–H and O–H groups in total. The largest absolute Gasteiger partial charge is 0.302 e. The highest BCUT2D eigenvalue weighted by Gasteiger charge is 2.31. The lowest BCUT2D eigenvalue weighted by Crippen LogP contribution is -2.40. The number of likely N-dealkylation sites (tertiary alicyclic amines) is 1. The first-order valence-electron chi connectivity index (χ1n) is 5.73. The molecule has 0 aliphatic carbocycles. The smallest absolute Gasteiger partial charge is 0.253 e. The third-order valence-electron chi connectivity index (χ3n) is 3.32. The van der Waals surface area contributed by atoms with E-state index in [1.54, 1.807) is 11.9 Å². The summed E-state index contributed by atoms with van der Waals surface area (Å²) in [5.41, 5.74) is 0. The molecule has 1 atom stereocenters. The van der Waals surface area contributed by atoms with Crippen LogP contribution >= 0.6 is 0 Å². The van der Waals surface area contributed by atoms with Gasteiger partial charge in [0, 0.05) is 13.6 Å². The monoisotopic (exact) mass is 209 g/mol. The number of amidine groups is 1. The van der Waals surface area contributed by atoms with Gasteiger partial charge in [0.15, 0.2) is 0 Å². The second kappa shape index (κ2) is 4.31. The first kappa shape index (κ1) is 10.6. The molecule has 2 aliphatic rings. The van der Waals surface area contributed by atoms with E-state index in [0.29, 0.717) is 0 Å². The zero-order chi connectivity index (χ0) is 10.8.